The number of hydrogen-bond donors (Lipinski definition) is 1. The second-order valence-corrected chi connectivity index (χ2v) is 7.91. The van der Waals surface area contributed by atoms with Crippen LogP contribution in [0.2, 0.25) is 0 Å². The van der Waals surface area contributed by atoms with E-state index in [0.717, 1.165) is 36.1 Å². The molecule has 1 aromatic carbocycles. The summed E-state index contributed by atoms with van der Waals surface area (Å²) in [6, 6.07) is 9.20. The molecule has 154 valence electrons. The summed E-state index contributed by atoms with van der Waals surface area (Å²) in [5, 5.41) is 13.8. The molecule has 2 aromatic heterocycles. The molecule has 0 fully saturated rings. The van der Waals surface area contributed by atoms with Gasteiger partial charge in [-0.1, -0.05) is 12.1 Å². The minimum absolute atomic E-state index is 0. The molecule has 0 bridgehead atoms. The maximum absolute atomic E-state index is 13.7. The number of hydrogen-bond acceptors (Lipinski definition) is 4. The number of guanidine groups is 1. The maximum Gasteiger partial charge on any atom is 0.194 e. The van der Waals surface area contributed by atoms with Crippen molar-refractivity contribution >= 4 is 41.3 Å². The van der Waals surface area contributed by atoms with Crippen LogP contribution in [0, 0.1) is 12.7 Å². The third-order valence-electron chi connectivity index (χ3n) is 5.03. The quantitative estimate of drug-likeness (QED) is 0.321. The van der Waals surface area contributed by atoms with Crippen LogP contribution in [0.15, 0.2) is 40.7 Å². The van der Waals surface area contributed by atoms with E-state index in [1.165, 1.54) is 16.5 Å². The summed E-state index contributed by atoms with van der Waals surface area (Å²) in [6.45, 7) is 4.55. The van der Waals surface area contributed by atoms with Crippen molar-refractivity contribution in [3.8, 4) is 0 Å². The highest BCUT2D eigenvalue weighted by Crippen LogP contribution is 2.20. The van der Waals surface area contributed by atoms with E-state index in [2.05, 4.69) is 31.9 Å². The highest BCUT2D eigenvalue weighted by molar-refractivity contribution is 14.0. The van der Waals surface area contributed by atoms with Gasteiger partial charge in [-0.15, -0.1) is 45.5 Å². The zero-order valence-electron chi connectivity index (χ0n) is 16.4. The van der Waals surface area contributed by atoms with Gasteiger partial charge in [0, 0.05) is 25.0 Å². The van der Waals surface area contributed by atoms with Crippen molar-refractivity contribution < 1.29 is 4.39 Å². The Labute approximate surface area is 190 Å². The van der Waals surface area contributed by atoms with Crippen LogP contribution < -0.4 is 5.32 Å². The third kappa shape index (κ3) is 5.13. The molecule has 29 heavy (non-hydrogen) atoms. The van der Waals surface area contributed by atoms with Gasteiger partial charge < -0.3 is 14.8 Å². The van der Waals surface area contributed by atoms with E-state index in [0.29, 0.717) is 19.6 Å². The van der Waals surface area contributed by atoms with Crippen LogP contribution in [0.3, 0.4) is 0 Å². The summed E-state index contributed by atoms with van der Waals surface area (Å²) in [7, 11) is 1.94. The Bertz CT molecular complexity index is 985. The monoisotopic (exact) mass is 526 g/mol. The Morgan fingerprint density at radius 2 is 2.14 bits per heavy atom. The van der Waals surface area contributed by atoms with Gasteiger partial charge in [0.2, 0.25) is 0 Å². The number of aliphatic imine (C=N–C) groups is 1. The van der Waals surface area contributed by atoms with Crippen molar-refractivity contribution in [2.45, 2.75) is 33.0 Å². The van der Waals surface area contributed by atoms with Gasteiger partial charge in [-0.3, -0.25) is 0 Å². The van der Waals surface area contributed by atoms with E-state index in [-0.39, 0.29) is 29.8 Å². The maximum atomic E-state index is 13.7. The van der Waals surface area contributed by atoms with E-state index >= 15 is 0 Å². The van der Waals surface area contributed by atoms with Gasteiger partial charge in [0.25, 0.3) is 0 Å². The molecule has 0 atom stereocenters. The second kappa shape index (κ2) is 9.66. The molecule has 0 radical (unpaired) electrons. The minimum atomic E-state index is -0.194. The SMILES string of the molecule is Cc1nnc(CN=C(NCc2cccs2)N2CCc3ccc(F)cc3C2)n1C.I. The third-order valence-corrected chi connectivity index (χ3v) is 5.91. The lowest BCUT2D eigenvalue weighted by molar-refractivity contribution is 0.376. The number of aromatic nitrogens is 3. The average Bonchev–Trinajstić information content (AvgIpc) is 3.32. The molecule has 0 saturated carbocycles. The zero-order valence-corrected chi connectivity index (χ0v) is 19.6. The predicted molar refractivity (Wildman–Crippen MR) is 124 cm³/mol. The molecule has 3 aromatic rings. The summed E-state index contributed by atoms with van der Waals surface area (Å²) >= 11 is 1.71. The molecular weight excluding hydrogens is 502 g/mol. The van der Waals surface area contributed by atoms with Crippen LogP contribution in [-0.2, 0) is 33.1 Å². The van der Waals surface area contributed by atoms with Crippen LogP contribution in [-0.4, -0.2) is 32.2 Å². The lowest BCUT2D eigenvalue weighted by Crippen LogP contribution is -2.43. The predicted octanol–water partition coefficient (Wildman–Crippen LogP) is 3.65. The Kier molecular flexibility index (Phi) is 7.23. The number of halogens is 2. The fourth-order valence-electron chi connectivity index (χ4n) is 3.29. The topological polar surface area (TPSA) is 58.3 Å². The van der Waals surface area contributed by atoms with Gasteiger partial charge in [-0.05, 0) is 48.1 Å². The lowest BCUT2D eigenvalue weighted by Gasteiger charge is -2.32. The first-order chi connectivity index (χ1) is 13.6. The first-order valence-corrected chi connectivity index (χ1v) is 10.2. The van der Waals surface area contributed by atoms with E-state index < -0.39 is 0 Å². The summed E-state index contributed by atoms with van der Waals surface area (Å²) in [6.07, 6.45) is 0.873. The van der Waals surface area contributed by atoms with Crippen LogP contribution in [0.25, 0.3) is 0 Å². The van der Waals surface area contributed by atoms with Gasteiger partial charge in [-0.2, -0.15) is 0 Å². The molecule has 0 saturated heterocycles. The lowest BCUT2D eigenvalue weighted by atomic mass is 10.00. The summed E-state index contributed by atoms with van der Waals surface area (Å²) in [5.41, 5.74) is 2.23. The van der Waals surface area contributed by atoms with Crippen molar-refractivity contribution in [3.05, 3.63) is 69.2 Å². The van der Waals surface area contributed by atoms with E-state index in [1.807, 2.05) is 30.7 Å². The van der Waals surface area contributed by atoms with E-state index in [9.17, 15) is 4.39 Å². The molecule has 0 amide bonds. The normalized spacial score (nSPS) is 13.8. The van der Waals surface area contributed by atoms with Gasteiger partial charge in [-0.25, -0.2) is 9.38 Å². The molecular formula is C20H24FIN6S. The van der Waals surface area contributed by atoms with Crippen LogP contribution in [0.1, 0.15) is 27.7 Å². The molecule has 0 aliphatic carbocycles. The molecule has 3 heterocycles. The van der Waals surface area contributed by atoms with Crippen molar-refractivity contribution in [2.24, 2.45) is 12.0 Å². The first-order valence-electron chi connectivity index (χ1n) is 9.28. The smallest absolute Gasteiger partial charge is 0.194 e. The minimum Gasteiger partial charge on any atom is -0.351 e. The van der Waals surface area contributed by atoms with Crippen molar-refractivity contribution in [1.82, 2.24) is 25.0 Å². The summed E-state index contributed by atoms with van der Waals surface area (Å²) in [5.74, 6) is 2.29. The largest absolute Gasteiger partial charge is 0.351 e. The van der Waals surface area contributed by atoms with Crippen LogP contribution in [0.5, 0.6) is 0 Å². The number of rotatable bonds is 4. The van der Waals surface area contributed by atoms with Crippen molar-refractivity contribution in [3.63, 3.8) is 0 Å². The van der Waals surface area contributed by atoms with E-state index in [1.54, 1.807) is 17.4 Å². The molecule has 1 aliphatic rings. The molecule has 1 aliphatic heterocycles. The number of aryl methyl sites for hydroxylation is 1. The standard InChI is InChI=1S/C20H23FN6S.HI/c1-14-24-25-19(26(14)2)12-23-20(22-11-18-4-3-9-28-18)27-8-7-15-5-6-17(21)10-16(15)13-27;/h3-6,9-10H,7-8,11-13H2,1-2H3,(H,22,23);1H. The van der Waals surface area contributed by atoms with Crippen molar-refractivity contribution in [1.29, 1.82) is 0 Å². The Morgan fingerprint density at radius 1 is 1.28 bits per heavy atom. The highest BCUT2D eigenvalue weighted by atomic mass is 127. The Balaban J connectivity index is 0.00000240. The number of benzene rings is 1. The second-order valence-electron chi connectivity index (χ2n) is 6.88. The zero-order chi connectivity index (χ0) is 19.5. The van der Waals surface area contributed by atoms with Gasteiger partial charge >= 0.3 is 0 Å². The molecule has 6 nitrogen and oxygen atoms in total. The molecule has 9 heteroatoms. The van der Waals surface area contributed by atoms with Crippen molar-refractivity contribution in [2.75, 3.05) is 6.54 Å². The number of nitrogens with zero attached hydrogens (tertiary/aromatic N) is 5. The van der Waals surface area contributed by atoms with Gasteiger partial charge in [0.1, 0.15) is 18.2 Å². The van der Waals surface area contributed by atoms with Crippen LogP contribution in [0.4, 0.5) is 4.39 Å². The molecule has 1 N–H and O–H groups in total. The van der Waals surface area contributed by atoms with Gasteiger partial charge in [0.15, 0.2) is 11.8 Å². The molecule has 0 spiro atoms. The fourth-order valence-corrected chi connectivity index (χ4v) is 3.93. The number of fused-ring (bicyclic) bond motifs is 1. The summed E-state index contributed by atoms with van der Waals surface area (Å²) < 4.78 is 15.6. The average molecular weight is 526 g/mol. The van der Waals surface area contributed by atoms with Gasteiger partial charge in [0.05, 0.1) is 6.54 Å². The number of nitrogens with one attached hydrogen (secondary N) is 1. The molecule has 0 unspecified atom stereocenters. The summed E-state index contributed by atoms with van der Waals surface area (Å²) in [4.78, 5) is 8.23. The van der Waals surface area contributed by atoms with E-state index in [4.69, 9.17) is 4.99 Å². The van der Waals surface area contributed by atoms with Crippen LogP contribution >= 0.6 is 35.3 Å². The fraction of sp³-hybridized carbons (Fsp3) is 0.350. The highest BCUT2D eigenvalue weighted by Gasteiger charge is 2.20. The Morgan fingerprint density at radius 3 is 2.86 bits per heavy atom. The Hall–Kier alpha value is -2.01. The first kappa shape index (κ1) is 21.7. The number of thiophene rings is 1. The molecule has 4 rings (SSSR count).